The van der Waals surface area contributed by atoms with Crippen molar-refractivity contribution < 1.29 is 5.11 Å². The first kappa shape index (κ1) is 12.4. The van der Waals surface area contributed by atoms with Gasteiger partial charge in [0.2, 0.25) is 5.88 Å². The van der Waals surface area contributed by atoms with Crippen molar-refractivity contribution in [2.24, 2.45) is 0 Å². The number of nitrogens with zero attached hydrogens (tertiary/aromatic N) is 3. The molecule has 0 saturated heterocycles. The summed E-state index contributed by atoms with van der Waals surface area (Å²) < 4.78 is 1.35. The summed E-state index contributed by atoms with van der Waals surface area (Å²) in [6, 6.07) is 3.68. The molecule has 6 heteroatoms. The number of pyridine rings is 1. The van der Waals surface area contributed by atoms with Crippen molar-refractivity contribution in [3.63, 3.8) is 0 Å². The maximum atomic E-state index is 12.1. The number of hydrogen-bond acceptors (Lipinski definition) is 4. The second-order valence-electron chi connectivity index (χ2n) is 4.91. The molecule has 20 heavy (non-hydrogen) atoms. The van der Waals surface area contributed by atoms with E-state index < -0.39 is 0 Å². The number of hydrogen-bond donors (Lipinski definition) is 2. The monoisotopic (exact) mass is 270 g/mol. The van der Waals surface area contributed by atoms with E-state index in [1.807, 2.05) is 19.9 Å². The summed E-state index contributed by atoms with van der Waals surface area (Å²) in [4.78, 5) is 18.9. The van der Waals surface area contributed by atoms with Gasteiger partial charge in [0.25, 0.3) is 5.56 Å². The fraction of sp³-hybridized carbons (Fsp3) is 0.214. The number of aromatic hydroxyl groups is 1. The van der Waals surface area contributed by atoms with Crippen LogP contribution in [0.3, 0.4) is 0 Å². The van der Waals surface area contributed by atoms with Crippen molar-refractivity contribution in [1.29, 1.82) is 0 Å². The van der Waals surface area contributed by atoms with Crippen LogP contribution in [0.2, 0.25) is 0 Å². The van der Waals surface area contributed by atoms with Crippen LogP contribution in [-0.2, 0) is 0 Å². The Balaban J connectivity index is 2.33. The van der Waals surface area contributed by atoms with Gasteiger partial charge in [0.05, 0.1) is 11.8 Å². The van der Waals surface area contributed by atoms with Gasteiger partial charge in [0, 0.05) is 23.5 Å². The maximum absolute atomic E-state index is 12.1. The predicted octanol–water partition coefficient (Wildman–Crippen LogP) is 1.91. The number of fused-ring (bicyclic) bond motifs is 1. The lowest BCUT2D eigenvalue weighted by Gasteiger charge is -2.08. The number of aromatic nitrogens is 4. The zero-order chi connectivity index (χ0) is 14.3. The molecule has 0 atom stereocenters. The lowest BCUT2D eigenvalue weighted by molar-refractivity contribution is 0.423. The van der Waals surface area contributed by atoms with Crippen molar-refractivity contribution >= 4 is 5.65 Å². The number of nitrogens with one attached hydrogen (secondary N) is 1. The zero-order valence-electron chi connectivity index (χ0n) is 11.2. The highest BCUT2D eigenvalue weighted by Gasteiger charge is 2.18. The predicted molar refractivity (Wildman–Crippen MR) is 74.8 cm³/mol. The van der Waals surface area contributed by atoms with Crippen LogP contribution in [0.5, 0.6) is 5.88 Å². The van der Waals surface area contributed by atoms with E-state index in [2.05, 4.69) is 15.1 Å². The molecule has 0 bridgehead atoms. The van der Waals surface area contributed by atoms with E-state index in [1.165, 1.54) is 4.52 Å². The van der Waals surface area contributed by atoms with Gasteiger partial charge < -0.3 is 10.1 Å². The van der Waals surface area contributed by atoms with Crippen molar-refractivity contribution in [3.8, 4) is 17.0 Å². The average Bonchev–Trinajstić information content (AvgIpc) is 2.83. The van der Waals surface area contributed by atoms with Gasteiger partial charge in [-0.25, -0.2) is 0 Å². The van der Waals surface area contributed by atoms with Crippen LogP contribution in [-0.4, -0.2) is 24.7 Å². The molecule has 3 aromatic heterocycles. The lowest BCUT2D eigenvalue weighted by atomic mass is 10.1. The van der Waals surface area contributed by atoms with Crippen molar-refractivity contribution in [3.05, 3.63) is 46.6 Å². The molecule has 0 amide bonds. The molecule has 3 rings (SSSR count). The smallest absolute Gasteiger partial charge is 0.258 e. The summed E-state index contributed by atoms with van der Waals surface area (Å²) >= 11 is 0. The molecule has 0 spiro atoms. The second kappa shape index (κ2) is 4.48. The van der Waals surface area contributed by atoms with E-state index in [0.29, 0.717) is 11.2 Å². The van der Waals surface area contributed by atoms with Crippen LogP contribution in [0.1, 0.15) is 25.3 Å². The molecule has 3 aromatic rings. The van der Waals surface area contributed by atoms with E-state index in [1.54, 1.807) is 24.7 Å². The van der Waals surface area contributed by atoms with Gasteiger partial charge in [0.1, 0.15) is 5.65 Å². The third-order valence-corrected chi connectivity index (χ3v) is 3.24. The molecule has 0 aliphatic heterocycles. The summed E-state index contributed by atoms with van der Waals surface area (Å²) in [6.45, 7) is 3.70. The zero-order valence-corrected chi connectivity index (χ0v) is 11.2. The molecule has 0 saturated carbocycles. The minimum atomic E-state index is -0.296. The molecule has 6 nitrogen and oxygen atoms in total. The molecular formula is C14H14N4O2. The highest BCUT2D eigenvalue weighted by atomic mass is 16.3. The van der Waals surface area contributed by atoms with Gasteiger partial charge in [-0.3, -0.25) is 9.78 Å². The van der Waals surface area contributed by atoms with Crippen LogP contribution in [0, 0.1) is 0 Å². The Hall–Kier alpha value is -2.63. The van der Waals surface area contributed by atoms with Gasteiger partial charge in [0.15, 0.2) is 0 Å². The van der Waals surface area contributed by atoms with Crippen molar-refractivity contribution in [2.75, 3.05) is 0 Å². The topological polar surface area (TPSA) is 83.3 Å². The van der Waals surface area contributed by atoms with E-state index >= 15 is 0 Å². The maximum Gasteiger partial charge on any atom is 0.258 e. The summed E-state index contributed by atoms with van der Waals surface area (Å²) in [6.07, 6.45) is 4.96. The van der Waals surface area contributed by atoms with E-state index in [4.69, 9.17) is 0 Å². The summed E-state index contributed by atoms with van der Waals surface area (Å²) in [5.74, 6) is -0.205. The number of rotatable bonds is 2. The van der Waals surface area contributed by atoms with Crippen molar-refractivity contribution in [2.45, 2.75) is 19.8 Å². The first-order chi connectivity index (χ1) is 9.59. The van der Waals surface area contributed by atoms with Gasteiger partial charge in [-0.15, -0.1) is 0 Å². The third kappa shape index (κ3) is 1.77. The average molecular weight is 270 g/mol. The summed E-state index contributed by atoms with van der Waals surface area (Å²) in [5, 5.41) is 14.4. The van der Waals surface area contributed by atoms with Gasteiger partial charge >= 0.3 is 0 Å². The Morgan fingerprint density at radius 3 is 2.80 bits per heavy atom. The van der Waals surface area contributed by atoms with Crippen LogP contribution < -0.4 is 5.56 Å². The Labute approximate surface area is 114 Å². The Kier molecular flexibility index (Phi) is 2.78. The third-order valence-electron chi connectivity index (χ3n) is 3.24. The largest absolute Gasteiger partial charge is 0.493 e. The van der Waals surface area contributed by atoms with Crippen molar-refractivity contribution in [1.82, 2.24) is 19.6 Å². The molecule has 0 fully saturated rings. The van der Waals surface area contributed by atoms with Crippen LogP contribution >= 0.6 is 0 Å². The molecule has 102 valence electrons. The Morgan fingerprint density at radius 2 is 2.15 bits per heavy atom. The normalized spacial score (nSPS) is 11.3. The van der Waals surface area contributed by atoms with Crippen LogP contribution in [0.15, 0.2) is 35.5 Å². The second-order valence-corrected chi connectivity index (χ2v) is 4.91. The molecule has 0 unspecified atom stereocenters. The molecular weight excluding hydrogens is 256 g/mol. The first-order valence-corrected chi connectivity index (χ1v) is 6.33. The SMILES string of the molecule is CC(C)c1c(O)n2ncc(-c3cccnc3)c2[nH]c1=O. The van der Waals surface area contributed by atoms with E-state index in [0.717, 1.165) is 11.1 Å². The molecule has 3 heterocycles. The fourth-order valence-corrected chi connectivity index (χ4v) is 2.27. The van der Waals surface area contributed by atoms with Crippen LogP contribution in [0.4, 0.5) is 0 Å². The molecule has 0 aliphatic carbocycles. The van der Waals surface area contributed by atoms with E-state index in [9.17, 15) is 9.90 Å². The van der Waals surface area contributed by atoms with E-state index in [-0.39, 0.29) is 17.4 Å². The number of aromatic amines is 1. The van der Waals surface area contributed by atoms with Gasteiger partial charge in [-0.1, -0.05) is 19.9 Å². The standard InChI is InChI=1S/C14H14N4O2/c1-8(2)11-13(19)17-12-10(7-16-18(12)14(11)20)9-4-3-5-15-6-9/h3-8,20H,1-2H3,(H,17,19). The molecule has 0 aliphatic rings. The molecule has 2 N–H and O–H groups in total. The van der Waals surface area contributed by atoms with Crippen LogP contribution in [0.25, 0.3) is 16.8 Å². The fourth-order valence-electron chi connectivity index (χ4n) is 2.27. The Morgan fingerprint density at radius 1 is 1.35 bits per heavy atom. The van der Waals surface area contributed by atoms with Gasteiger partial charge in [-0.2, -0.15) is 9.61 Å². The summed E-state index contributed by atoms with van der Waals surface area (Å²) in [7, 11) is 0. The van der Waals surface area contributed by atoms with Gasteiger partial charge in [-0.05, 0) is 12.0 Å². The minimum absolute atomic E-state index is 0.0887. The number of H-pyrrole nitrogens is 1. The minimum Gasteiger partial charge on any atom is -0.493 e. The first-order valence-electron chi connectivity index (χ1n) is 6.33. The Bertz CT molecular complexity index is 818. The quantitative estimate of drug-likeness (QED) is 0.745. The highest BCUT2D eigenvalue weighted by molar-refractivity contribution is 5.76. The summed E-state index contributed by atoms with van der Waals surface area (Å²) in [5.41, 5.74) is 2.05. The molecule has 0 radical (unpaired) electrons. The lowest BCUT2D eigenvalue weighted by Crippen LogP contribution is -2.17. The molecule has 0 aromatic carbocycles. The highest BCUT2D eigenvalue weighted by Crippen LogP contribution is 2.27.